The summed E-state index contributed by atoms with van der Waals surface area (Å²) in [6.07, 6.45) is 0. The van der Waals surface area contributed by atoms with Crippen molar-refractivity contribution in [3.05, 3.63) is 59.9 Å². The molecule has 0 amide bonds. The zero-order valence-corrected chi connectivity index (χ0v) is 10.4. The predicted molar refractivity (Wildman–Crippen MR) is 73.5 cm³/mol. The number of halogens is 1. The number of pyridine rings is 1. The van der Waals surface area contributed by atoms with Crippen molar-refractivity contribution in [2.24, 2.45) is 0 Å². The first-order valence-electron chi connectivity index (χ1n) is 6.01. The Morgan fingerprint density at radius 1 is 1.05 bits per heavy atom. The third-order valence-electron chi connectivity index (χ3n) is 3.22. The lowest BCUT2D eigenvalue weighted by Gasteiger charge is -2.10. The lowest BCUT2D eigenvalue weighted by atomic mass is 10.0. The second-order valence-corrected chi connectivity index (χ2v) is 4.46. The first kappa shape index (κ1) is 11.7. The van der Waals surface area contributed by atoms with Crippen LogP contribution in [0.3, 0.4) is 0 Å². The van der Waals surface area contributed by atoms with Gasteiger partial charge in [0.1, 0.15) is 17.3 Å². The molecule has 0 unspecified atom stereocenters. The minimum Gasteiger partial charge on any atom is -0.505 e. The molecule has 19 heavy (non-hydrogen) atoms. The monoisotopic (exact) mass is 253 g/mol. The van der Waals surface area contributed by atoms with Gasteiger partial charge in [0.05, 0.1) is 5.52 Å². The summed E-state index contributed by atoms with van der Waals surface area (Å²) in [4.78, 5) is 4.43. The van der Waals surface area contributed by atoms with E-state index in [1.165, 1.54) is 12.1 Å². The van der Waals surface area contributed by atoms with E-state index in [0.29, 0.717) is 11.3 Å². The average molecular weight is 253 g/mol. The fourth-order valence-electron chi connectivity index (χ4n) is 2.20. The first-order chi connectivity index (χ1) is 9.16. The quantitative estimate of drug-likeness (QED) is 0.709. The van der Waals surface area contributed by atoms with Crippen molar-refractivity contribution in [3.63, 3.8) is 0 Å². The molecule has 3 heteroatoms. The Morgan fingerprint density at radius 3 is 2.63 bits per heavy atom. The minimum atomic E-state index is -0.343. The molecule has 0 saturated heterocycles. The van der Waals surface area contributed by atoms with E-state index in [0.717, 1.165) is 16.5 Å². The summed E-state index contributed by atoms with van der Waals surface area (Å²) in [7, 11) is 0. The normalized spacial score (nSPS) is 10.8. The van der Waals surface area contributed by atoms with E-state index in [1.54, 1.807) is 12.1 Å². The zero-order chi connectivity index (χ0) is 13.4. The van der Waals surface area contributed by atoms with E-state index in [2.05, 4.69) is 4.98 Å². The van der Waals surface area contributed by atoms with Gasteiger partial charge in [-0.2, -0.15) is 0 Å². The fraction of sp³-hybridized carbons (Fsp3) is 0.0625. The smallest absolute Gasteiger partial charge is 0.145 e. The second-order valence-electron chi connectivity index (χ2n) is 4.46. The molecule has 0 fully saturated rings. The minimum absolute atomic E-state index is 0.101. The Hall–Kier alpha value is -2.42. The lowest BCUT2D eigenvalue weighted by molar-refractivity contribution is 0.472. The zero-order valence-electron chi connectivity index (χ0n) is 10.4. The van der Waals surface area contributed by atoms with Crippen LogP contribution < -0.4 is 0 Å². The second kappa shape index (κ2) is 4.35. The topological polar surface area (TPSA) is 33.1 Å². The Labute approximate surface area is 110 Å². The molecular weight excluding hydrogens is 241 g/mol. The van der Waals surface area contributed by atoms with E-state index in [1.807, 2.05) is 31.2 Å². The largest absolute Gasteiger partial charge is 0.505 e. The average Bonchev–Trinajstić information content (AvgIpc) is 2.43. The van der Waals surface area contributed by atoms with Gasteiger partial charge in [-0.3, -0.25) is 0 Å². The summed E-state index contributed by atoms with van der Waals surface area (Å²) < 4.78 is 13.3. The van der Waals surface area contributed by atoms with E-state index in [9.17, 15) is 9.50 Å². The maximum absolute atomic E-state index is 13.3. The van der Waals surface area contributed by atoms with Crippen molar-refractivity contribution in [2.75, 3.05) is 0 Å². The lowest BCUT2D eigenvalue weighted by Crippen LogP contribution is -1.91. The summed E-state index contributed by atoms with van der Waals surface area (Å²) in [6, 6.07) is 13.7. The molecule has 0 radical (unpaired) electrons. The summed E-state index contributed by atoms with van der Waals surface area (Å²) in [5.74, 6) is -0.242. The molecule has 0 aliphatic heterocycles. The number of rotatable bonds is 1. The highest BCUT2D eigenvalue weighted by Crippen LogP contribution is 2.34. The van der Waals surface area contributed by atoms with E-state index in [-0.39, 0.29) is 11.6 Å². The Kier molecular flexibility index (Phi) is 2.67. The number of nitrogens with zero attached hydrogens (tertiary/aromatic N) is 1. The van der Waals surface area contributed by atoms with E-state index >= 15 is 0 Å². The van der Waals surface area contributed by atoms with Crippen LogP contribution in [-0.4, -0.2) is 10.1 Å². The maximum atomic E-state index is 13.3. The summed E-state index contributed by atoms with van der Waals surface area (Å²) in [6.45, 7) is 1.84. The van der Waals surface area contributed by atoms with Gasteiger partial charge < -0.3 is 5.11 Å². The first-order valence-corrected chi connectivity index (χ1v) is 6.01. The van der Waals surface area contributed by atoms with Crippen molar-refractivity contribution in [3.8, 4) is 17.0 Å². The molecule has 0 bridgehead atoms. The van der Waals surface area contributed by atoms with Crippen molar-refractivity contribution in [2.45, 2.75) is 6.92 Å². The molecular formula is C16H12FNO. The molecule has 3 rings (SSSR count). The molecule has 0 spiro atoms. The van der Waals surface area contributed by atoms with Crippen LogP contribution in [0, 0.1) is 12.7 Å². The van der Waals surface area contributed by atoms with Gasteiger partial charge in [0, 0.05) is 16.5 Å². The van der Waals surface area contributed by atoms with Gasteiger partial charge in [-0.1, -0.05) is 30.3 Å². The molecule has 1 aromatic heterocycles. The summed E-state index contributed by atoms with van der Waals surface area (Å²) >= 11 is 0. The van der Waals surface area contributed by atoms with Crippen LogP contribution in [0.15, 0.2) is 48.5 Å². The number of para-hydroxylation sites is 1. The molecule has 1 heterocycles. The standard InChI is InChI=1S/C16H12FNO/c1-10-13-7-2-3-8-14(13)18-15(16(10)19)11-5-4-6-12(17)9-11/h2-9,19H,1H3. The van der Waals surface area contributed by atoms with E-state index < -0.39 is 0 Å². The molecule has 3 aromatic rings. The number of fused-ring (bicyclic) bond motifs is 1. The van der Waals surface area contributed by atoms with Gasteiger partial charge in [0.25, 0.3) is 0 Å². The Balaban J connectivity index is 2.33. The molecule has 2 nitrogen and oxygen atoms in total. The maximum Gasteiger partial charge on any atom is 0.145 e. The molecule has 0 saturated carbocycles. The van der Waals surface area contributed by atoms with E-state index in [4.69, 9.17) is 0 Å². The molecule has 2 aromatic carbocycles. The number of hydrogen-bond acceptors (Lipinski definition) is 2. The van der Waals surface area contributed by atoms with Crippen LogP contribution in [0.4, 0.5) is 4.39 Å². The molecule has 94 valence electrons. The number of aromatic nitrogens is 1. The molecule has 0 aliphatic carbocycles. The van der Waals surface area contributed by atoms with Crippen LogP contribution in [0.1, 0.15) is 5.56 Å². The van der Waals surface area contributed by atoms with Crippen LogP contribution in [0.2, 0.25) is 0 Å². The summed E-state index contributed by atoms with van der Waals surface area (Å²) in [5, 5.41) is 11.2. The van der Waals surface area contributed by atoms with Crippen LogP contribution >= 0.6 is 0 Å². The van der Waals surface area contributed by atoms with Gasteiger partial charge in [-0.05, 0) is 25.1 Å². The third-order valence-corrected chi connectivity index (χ3v) is 3.22. The number of hydrogen-bond donors (Lipinski definition) is 1. The molecule has 0 atom stereocenters. The number of aryl methyl sites for hydroxylation is 1. The number of benzene rings is 2. The molecule has 0 aliphatic rings. The van der Waals surface area contributed by atoms with Crippen molar-refractivity contribution >= 4 is 10.9 Å². The van der Waals surface area contributed by atoms with Gasteiger partial charge in [0.2, 0.25) is 0 Å². The Morgan fingerprint density at radius 2 is 1.84 bits per heavy atom. The number of aromatic hydroxyl groups is 1. The predicted octanol–water partition coefficient (Wildman–Crippen LogP) is 4.05. The van der Waals surface area contributed by atoms with Crippen LogP contribution in [0.25, 0.3) is 22.2 Å². The fourth-order valence-corrected chi connectivity index (χ4v) is 2.20. The van der Waals surface area contributed by atoms with Crippen LogP contribution in [0.5, 0.6) is 5.75 Å². The van der Waals surface area contributed by atoms with Gasteiger partial charge in [-0.25, -0.2) is 9.37 Å². The Bertz CT molecular complexity index is 768. The summed E-state index contributed by atoms with van der Waals surface area (Å²) in [5.41, 5.74) is 2.53. The SMILES string of the molecule is Cc1c(O)c(-c2cccc(F)c2)nc2ccccc12. The highest BCUT2D eigenvalue weighted by atomic mass is 19.1. The third kappa shape index (κ3) is 1.93. The van der Waals surface area contributed by atoms with Crippen molar-refractivity contribution in [1.82, 2.24) is 4.98 Å². The molecule has 1 N–H and O–H groups in total. The van der Waals surface area contributed by atoms with Crippen LogP contribution in [-0.2, 0) is 0 Å². The highest BCUT2D eigenvalue weighted by molar-refractivity contribution is 5.88. The van der Waals surface area contributed by atoms with Gasteiger partial charge >= 0.3 is 0 Å². The van der Waals surface area contributed by atoms with Crippen molar-refractivity contribution in [1.29, 1.82) is 0 Å². The van der Waals surface area contributed by atoms with Gasteiger partial charge in [0.15, 0.2) is 0 Å². The van der Waals surface area contributed by atoms with Gasteiger partial charge in [-0.15, -0.1) is 0 Å². The highest BCUT2D eigenvalue weighted by Gasteiger charge is 2.12. The van der Waals surface area contributed by atoms with Crippen molar-refractivity contribution < 1.29 is 9.50 Å².